The number of benzene rings is 2. The number of hydrogen-bond donors (Lipinski definition) is 1. The van der Waals surface area contributed by atoms with Crippen LogP contribution in [0.3, 0.4) is 0 Å². The molecule has 0 bridgehead atoms. The van der Waals surface area contributed by atoms with Crippen molar-refractivity contribution in [2.24, 2.45) is 4.99 Å². The molecule has 2 aromatic carbocycles. The number of aromatic hydroxyl groups is 1. The van der Waals surface area contributed by atoms with Gasteiger partial charge in [-0.05, 0) is 36.8 Å². The van der Waals surface area contributed by atoms with E-state index in [1.807, 2.05) is 6.92 Å². The van der Waals surface area contributed by atoms with E-state index in [4.69, 9.17) is 16.0 Å². The van der Waals surface area contributed by atoms with Crippen molar-refractivity contribution >= 4 is 23.5 Å². The van der Waals surface area contributed by atoms with Crippen LogP contribution in [-0.4, -0.2) is 16.3 Å². The number of aliphatic imine (C=N–C) groups is 1. The minimum absolute atomic E-state index is 0.00938. The van der Waals surface area contributed by atoms with Gasteiger partial charge in [-0.25, -0.2) is 9.37 Å². The second-order valence-electron chi connectivity index (χ2n) is 4.83. The van der Waals surface area contributed by atoms with Crippen LogP contribution in [0, 0.1) is 12.7 Å². The number of halogens is 2. The molecule has 1 heterocycles. The van der Waals surface area contributed by atoms with Gasteiger partial charge in [0, 0.05) is 5.02 Å². The summed E-state index contributed by atoms with van der Waals surface area (Å²) in [6.07, 6.45) is 1.35. The summed E-state index contributed by atoms with van der Waals surface area (Å²) >= 11 is 6.03. The van der Waals surface area contributed by atoms with Crippen molar-refractivity contribution < 1.29 is 13.9 Å². The van der Waals surface area contributed by atoms with Gasteiger partial charge in [-0.3, -0.25) is 4.99 Å². The maximum atomic E-state index is 13.7. The fraction of sp³-hybridized carbons (Fsp3) is 0.0588. The van der Waals surface area contributed by atoms with E-state index >= 15 is 0 Å². The van der Waals surface area contributed by atoms with Crippen LogP contribution in [0.25, 0.3) is 11.5 Å². The van der Waals surface area contributed by atoms with Crippen LogP contribution in [-0.2, 0) is 0 Å². The van der Waals surface area contributed by atoms with E-state index in [-0.39, 0.29) is 17.1 Å². The van der Waals surface area contributed by atoms with Crippen molar-refractivity contribution in [2.75, 3.05) is 0 Å². The van der Waals surface area contributed by atoms with Crippen molar-refractivity contribution in [2.45, 2.75) is 6.92 Å². The molecule has 6 heteroatoms. The zero-order chi connectivity index (χ0) is 16.4. The van der Waals surface area contributed by atoms with E-state index in [9.17, 15) is 9.50 Å². The van der Waals surface area contributed by atoms with Crippen LogP contribution in [0.5, 0.6) is 5.95 Å². The van der Waals surface area contributed by atoms with Gasteiger partial charge in [-0.2, -0.15) is 0 Å². The molecular weight excluding hydrogens is 319 g/mol. The fourth-order valence-electron chi connectivity index (χ4n) is 2.02. The van der Waals surface area contributed by atoms with E-state index in [2.05, 4.69) is 9.98 Å². The highest BCUT2D eigenvalue weighted by Gasteiger charge is 2.15. The van der Waals surface area contributed by atoms with Crippen LogP contribution < -0.4 is 0 Å². The number of rotatable bonds is 3. The van der Waals surface area contributed by atoms with Gasteiger partial charge in [0.15, 0.2) is 5.69 Å². The molecule has 1 N–H and O–H groups in total. The lowest BCUT2D eigenvalue weighted by atomic mass is 10.2. The van der Waals surface area contributed by atoms with Crippen LogP contribution in [0.1, 0.15) is 11.3 Å². The molecule has 23 heavy (non-hydrogen) atoms. The Morgan fingerprint density at radius 2 is 2.00 bits per heavy atom. The Morgan fingerprint density at radius 3 is 2.78 bits per heavy atom. The number of oxazole rings is 1. The molecule has 1 aromatic heterocycles. The zero-order valence-corrected chi connectivity index (χ0v) is 12.9. The summed E-state index contributed by atoms with van der Waals surface area (Å²) in [6, 6.07) is 11.3. The summed E-state index contributed by atoms with van der Waals surface area (Å²) in [5.41, 5.74) is 1.74. The SMILES string of the molecule is Cc1c(Cl)cccc1N=Cc1nc(-c2ccccc2F)oc1O. The Hall–Kier alpha value is -2.66. The molecule has 0 saturated heterocycles. The van der Waals surface area contributed by atoms with Gasteiger partial charge >= 0.3 is 5.95 Å². The third kappa shape index (κ3) is 3.10. The molecular formula is C17H12ClFN2O2. The smallest absolute Gasteiger partial charge is 0.312 e. The van der Waals surface area contributed by atoms with Crippen molar-refractivity contribution in [3.8, 4) is 17.4 Å². The summed E-state index contributed by atoms with van der Waals surface area (Å²) in [4.78, 5) is 8.31. The summed E-state index contributed by atoms with van der Waals surface area (Å²) in [6.45, 7) is 1.84. The monoisotopic (exact) mass is 330 g/mol. The lowest BCUT2D eigenvalue weighted by Crippen LogP contribution is -1.86. The van der Waals surface area contributed by atoms with E-state index in [1.54, 1.807) is 30.3 Å². The van der Waals surface area contributed by atoms with Crippen molar-refractivity contribution in [1.82, 2.24) is 4.98 Å². The standard InChI is InChI=1S/C17H12ClFN2O2/c1-10-12(18)6-4-8-14(10)20-9-15-17(22)23-16(21-15)11-5-2-3-7-13(11)19/h2-9,22H,1H3. The van der Waals surface area contributed by atoms with Gasteiger partial charge in [0.1, 0.15) is 5.82 Å². The minimum atomic E-state index is -0.483. The Bertz CT molecular complexity index is 890. The Balaban J connectivity index is 1.95. The van der Waals surface area contributed by atoms with Crippen LogP contribution in [0.4, 0.5) is 10.1 Å². The van der Waals surface area contributed by atoms with Gasteiger partial charge in [-0.1, -0.05) is 29.8 Å². The molecule has 0 atom stereocenters. The third-order valence-corrected chi connectivity index (χ3v) is 3.71. The van der Waals surface area contributed by atoms with Crippen molar-refractivity contribution in [3.63, 3.8) is 0 Å². The number of nitrogens with zero attached hydrogens (tertiary/aromatic N) is 2. The van der Waals surface area contributed by atoms with Crippen molar-refractivity contribution in [1.29, 1.82) is 0 Å². The highest BCUT2D eigenvalue weighted by Crippen LogP contribution is 2.29. The maximum absolute atomic E-state index is 13.7. The number of hydrogen-bond acceptors (Lipinski definition) is 4. The largest absolute Gasteiger partial charge is 0.479 e. The highest BCUT2D eigenvalue weighted by atomic mass is 35.5. The first-order valence-electron chi connectivity index (χ1n) is 6.80. The molecule has 0 saturated carbocycles. The van der Waals surface area contributed by atoms with Crippen LogP contribution >= 0.6 is 11.6 Å². The van der Waals surface area contributed by atoms with E-state index < -0.39 is 11.8 Å². The fourth-order valence-corrected chi connectivity index (χ4v) is 2.19. The summed E-state index contributed by atoms with van der Waals surface area (Å²) in [7, 11) is 0. The van der Waals surface area contributed by atoms with Gasteiger partial charge in [-0.15, -0.1) is 0 Å². The predicted molar refractivity (Wildman–Crippen MR) is 87.0 cm³/mol. The van der Waals surface area contributed by atoms with Gasteiger partial charge in [0.2, 0.25) is 5.89 Å². The van der Waals surface area contributed by atoms with E-state index in [1.165, 1.54) is 18.3 Å². The molecule has 0 aliphatic heterocycles. The minimum Gasteiger partial charge on any atom is -0.479 e. The first-order chi connectivity index (χ1) is 11.1. The summed E-state index contributed by atoms with van der Waals surface area (Å²) in [5, 5.41) is 10.4. The van der Waals surface area contributed by atoms with Crippen molar-refractivity contribution in [3.05, 3.63) is 64.6 Å². The normalized spacial score (nSPS) is 11.3. The molecule has 116 valence electrons. The van der Waals surface area contributed by atoms with E-state index in [0.29, 0.717) is 10.7 Å². The molecule has 0 spiro atoms. The highest BCUT2D eigenvalue weighted by molar-refractivity contribution is 6.31. The van der Waals surface area contributed by atoms with Gasteiger partial charge in [0.25, 0.3) is 0 Å². The second kappa shape index (κ2) is 6.22. The second-order valence-corrected chi connectivity index (χ2v) is 5.24. The molecule has 0 unspecified atom stereocenters. The topological polar surface area (TPSA) is 58.6 Å². The Kier molecular flexibility index (Phi) is 4.12. The van der Waals surface area contributed by atoms with E-state index in [0.717, 1.165) is 5.56 Å². The molecule has 3 aromatic rings. The van der Waals surface area contributed by atoms with Crippen LogP contribution in [0.2, 0.25) is 5.02 Å². The summed E-state index contributed by atoms with van der Waals surface area (Å²) in [5.74, 6) is -0.917. The average molecular weight is 331 g/mol. The summed E-state index contributed by atoms with van der Waals surface area (Å²) < 4.78 is 18.8. The molecule has 0 aliphatic rings. The van der Waals surface area contributed by atoms with Gasteiger partial charge < -0.3 is 9.52 Å². The maximum Gasteiger partial charge on any atom is 0.312 e. The molecule has 0 aliphatic carbocycles. The Morgan fingerprint density at radius 1 is 1.22 bits per heavy atom. The molecule has 3 rings (SSSR count). The molecule has 0 amide bonds. The molecule has 0 radical (unpaired) electrons. The lowest BCUT2D eigenvalue weighted by molar-refractivity contribution is 0.336. The molecule has 0 fully saturated rings. The first kappa shape index (κ1) is 15.2. The quantitative estimate of drug-likeness (QED) is 0.695. The first-order valence-corrected chi connectivity index (χ1v) is 7.18. The Labute approximate surface area is 136 Å². The lowest BCUT2D eigenvalue weighted by Gasteiger charge is -2.00. The third-order valence-electron chi connectivity index (χ3n) is 3.30. The average Bonchev–Trinajstić information content (AvgIpc) is 2.90. The predicted octanol–water partition coefficient (Wildman–Crippen LogP) is 4.90. The molecule has 4 nitrogen and oxygen atoms in total. The zero-order valence-electron chi connectivity index (χ0n) is 12.1. The van der Waals surface area contributed by atoms with Crippen LogP contribution in [0.15, 0.2) is 51.9 Å². The number of aromatic nitrogens is 1. The van der Waals surface area contributed by atoms with Gasteiger partial charge in [0.05, 0.1) is 17.5 Å².